The van der Waals surface area contributed by atoms with E-state index in [1.54, 1.807) is 20.8 Å². The second-order valence-electron chi connectivity index (χ2n) is 11.5. The Kier molecular flexibility index (Phi) is 10.2. The van der Waals surface area contributed by atoms with Crippen molar-refractivity contribution in [2.75, 3.05) is 29.9 Å². The van der Waals surface area contributed by atoms with Crippen molar-refractivity contribution < 1.29 is 45.4 Å². The lowest BCUT2D eigenvalue weighted by Crippen LogP contribution is -2.43. The molecule has 1 aromatic heterocycles. The monoisotopic (exact) mass is 641 g/mol. The van der Waals surface area contributed by atoms with Crippen molar-refractivity contribution in [3.8, 4) is 11.5 Å². The van der Waals surface area contributed by atoms with E-state index in [4.69, 9.17) is 9.47 Å². The first-order valence-corrected chi connectivity index (χ1v) is 14.1. The van der Waals surface area contributed by atoms with E-state index in [9.17, 15) is 35.9 Å². The van der Waals surface area contributed by atoms with Gasteiger partial charge in [-0.05, 0) is 69.9 Å². The fourth-order valence-electron chi connectivity index (χ4n) is 4.90. The number of rotatable bonds is 9. The number of ether oxygens (including phenoxy) is 2. The Hall–Kier alpha value is -4.43. The molecule has 244 valence electrons. The van der Waals surface area contributed by atoms with Gasteiger partial charge in [0.05, 0.1) is 11.4 Å². The van der Waals surface area contributed by atoms with Gasteiger partial charge in [0.1, 0.15) is 23.5 Å². The second-order valence-corrected chi connectivity index (χ2v) is 11.5. The van der Waals surface area contributed by atoms with Crippen molar-refractivity contribution in [2.24, 2.45) is 5.92 Å². The number of hydrogen-bond acceptors (Lipinski definition) is 6. The molecule has 2 heterocycles. The summed E-state index contributed by atoms with van der Waals surface area (Å²) >= 11 is 0. The van der Waals surface area contributed by atoms with Gasteiger partial charge in [0.2, 0.25) is 0 Å². The molecule has 1 aliphatic heterocycles. The molecule has 1 aliphatic rings. The van der Waals surface area contributed by atoms with Crippen LogP contribution in [0.15, 0.2) is 48.7 Å². The van der Waals surface area contributed by atoms with Gasteiger partial charge in [-0.2, -0.15) is 18.3 Å². The number of amides is 2. The second kappa shape index (κ2) is 13.7. The Morgan fingerprint density at radius 2 is 1.80 bits per heavy atom. The Morgan fingerprint density at radius 1 is 1.07 bits per heavy atom. The van der Waals surface area contributed by atoms with E-state index in [0.717, 1.165) is 29.1 Å². The van der Waals surface area contributed by atoms with Crippen LogP contribution in [0.25, 0.3) is 0 Å². The number of alkyl halides is 5. The van der Waals surface area contributed by atoms with Gasteiger partial charge in [0, 0.05) is 25.8 Å². The number of nitrogens with zero attached hydrogens (tertiary/aromatic N) is 3. The minimum absolute atomic E-state index is 0.0495. The van der Waals surface area contributed by atoms with Crippen molar-refractivity contribution >= 4 is 23.4 Å². The summed E-state index contributed by atoms with van der Waals surface area (Å²) in [4.78, 5) is 26.7. The summed E-state index contributed by atoms with van der Waals surface area (Å²) in [6.45, 7) is 4.64. The minimum atomic E-state index is -5.03. The molecular formula is C30H33F6N5O4. The summed E-state index contributed by atoms with van der Waals surface area (Å²) in [5.74, 6) is -3.24. The number of halogens is 6. The van der Waals surface area contributed by atoms with Crippen LogP contribution in [-0.2, 0) is 17.5 Å². The number of aromatic nitrogens is 2. The lowest BCUT2D eigenvalue weighted by atomic mass is 9.96. The first kappa shape index (κ1) is 33.5. The fraction of sp³-hybridized carbons (Fsp3) is 0.433. The summed E-state index contributed by atoms with van der Waals surface area (Å²) in [7, 11) is 0. The highest BCUT2D eigenvalue weighted by atomic mass is 19.4. The fourth-order valence-corrected chi connectivity index (χ4v) is 4.90. The standard InChI is InChI=1S/C30H33F6N5O4/c1-29(2,3)45-28(43)37-15-18-7-6-13-40(16-18)26-20(38-27(42)21-12-14-41(39-21)17-24(32)33)10-11-23(25(26)30(34,35)36)44-22-9-5-4-8-19(22)31/h4-5,8-12,14,18,24H,6-7,13,15-17H2,1-3H3,(H,37,43)(H,38,42)/t18-/m0/s1. The summed E-state index contributed by atoms with van der Waals surface area (Å²) in [5.41, 5.74) is -2.98. The van der Waals surface area contributed by atoms with Crippen LogP contribution in [-0.4, -0.2) is 53.4 Å². The molecule has 2 aromatic carbocycles. The number of piperidine rings is 1. The lowest BCUT2D eigenvalue weighted by molar-refractivity contribution is -0.138. The third-order valence-corrected chi connectivity index (χ3v) is 6.70. The van der Waals surface area contributed by atoms with Crippen LogP contribution in [0.2, 0.25) is 0 Å². The van der Waals surface area contributed by atoms with Gasteiger partial charge in [-0.3, -0.25) is 9.48 Å². The number of carbonyl (C=O) groups is 2. The molecule has 2 N–H and O–H groups in total. The summed E-state index contributed by atoms with van der Waals surface area (Å²) < 4.78 is 96.1. The maximum Gasteiger partial charge on any atom is 0.422 e. The maximum atomic E-state index is 14.9. The normalized spacial score (nSPS) is 15.6. The Morgan fingerprint density at radius 3 is 2.47 bits per heavy atom. The zero-order chi connectivity index (χ0) is 32.9. The maximum absolute atomic E-state index is 14.9. The average molecular weight is 642 g/mol. The average Bonchev–Trinajstić information content (AvgIpc) is 3.40. The number of hydrogen-bond donors (Lipinski definition) is 2. The van der Waals surface area contributed by atoms with Gasteiger partial charge in [-0.25, -0.2) is 18.0 Å². The molecule has 0 spiro atoms. The third-order valence-electron chi connectivity index (χ3n) is 6.70. The van der Waals surface area contributed by atoms with Gasteiger partial charge >= 0.3 is 12.3 Å². The number of para-hydroxylation sites is 1. The largest absolute Gasteiger partial charge is 0.454 e. The highest BCUT2D eigenvalue weighted by molar-refractivity contribution is 6.05. The summed E-state index contributed by atoms with van der Waals surface area (Å²) in [5, 5.41) is 8.87. The minimum Gasteiger partial charge on any atom is -0.454 e. The lowest BCUT2D eigenvalue weighted by Gasteiger charge is -2.37. The predicted octanol–water partition coefficient (Wildman–Crippen LogP) is 7.09. The molecule has 1 fully saturated rings. The number of nitrogens with one attached hydrogen (secondary N) is 2. The van der Waals surface area contributed by atoms with Crippen molar-refractivity contribution in [1.29, 1.82) is 0 Å². The quantitative estimate of drug-likeness (QED) is 0.242. The van der Waals surface area contributed by atoms with E-state index in [2.05, 4.69) is 15.7 Å². The van der Waals surface area contributed by atoms with Crippen molar-refractivity contribution in [3.63, 3.8) is 0 Å². The van der Waals surface area contributed by atoms with Crippen LogP contribution >= 0.6 is 0 Å². The summed E-state index contributed by atoms with van der Waals surface area (Å²) in [6, 6.07) is 8.31. The van der Waals surface area contributed by atoms with Gasteiger partial charge in [-0.15, -0.1) is 0 Å². The van der Waals surface area contributed by atoms with E-state index in [-0.39, 0.29) is 36.9 Å². The molecule has 4 rings (SSSR count). The van der Waals surface area contributed by atoms with E-state index < -0.39 is 65.3 Å². The van der Waals surface area contributed by atoms with Crippen LogP contribution in [0.1, 0.15) is 49.7 Å². The highest BCUT2D eigenvalue weighted by Crippen LogP contribution is 2.48. The first-order chi connectivity index (χ1) is 21.1. The molecule has 0 bridgehead atoms. The Bertz CT molecular complexity index is 1500. The van der Waals surface area contributed by atoms with Crippen LogP contribution in [0.5, 0.6) is 11.5 Å². The highest BCUT2D eigenvalue weighted by Gasteiger charge is 2.41. The van der Waals surface area contributed by atoms with Crippen LogP contribution < -0.4 is 20.3 Å². The Labute approximate surface area is 255 Å². The number of anilines is 2. The molecule has 3 aromatic rings. The third kappa shape index (κ3) is 9.05. The van der Waals surface area contributed by atoms with Crippen molar-refractivity contribution in [3.05, 3.63) is 65.7 Å². The van der Waals surface area contributed by atoms with Crippen molar-refractivity contribution in [2.45, 2.75) is 58.4 Å². The van der Waals surface area contributed by atoms with E-state index in [1.807, 2.05) is 0 Å². The number of alkyl carbamates (subject to hydrolysis) is 1. The number of carbonyl (C=O) groups excluding carboxylic acids is 2. The molecular weight excluding hydrogens is 608 g/mol. The van der Waals surface area contributed by atoms with Crippen molar-refractivity contribution in [1.82, 2.24) is 15.1 Å². The smallest absolute Gasteiger partial charge is 0.422 e. The van der Waals surface area contributed by atoms with E-state index >= 15 is 0 Å². The van der Waals surface area contributed by atoms with Crippen LogP contribution in [0.3, 0.4) is 0 Å². The first-order valence-electron chi connectivity index (χ1n) is 14.1. The van der Waals surface area contributed by atoms with Gasteiger partial charge in [-0.1, -0.05) is 12.1 Å². The molecule has 0 unspecified atom stereocenters. The zero-order valence-corrected chi connectivity index (χ0v) is 24.8. The topological polar surface area (TPSA) is 97.7 Å². The van der Waals surface area contributed by atoms with E-state index in [0.29, 0.717) is 12.8 Å². The van der Waals surface area contributed by atoms with Gasteiger partial charge in [0.15, 0.2) is 17.3 Å². The molecule has 45 heavy (non-hydrogen) atoms. The molecule has 9 nitrogen and oxygen atoms in total. The molecule has 1 saturated heterocycles. The van der Waals surface area contributed by atoms with Crippen LogP contribution in [0.4, 0.5) is 42.5 Å². The van der Waals surface area contributed by atoms with Gasteiger partial charge in [0.25, 0.3) is 12.3 Å². The molecule has 0 saturated carbocycles. The molecule has 0 radical (unpaired) electrons. The molecule has 0 aliphatic carbocycles. The number of benzene rings is 2. The molecule has 2 amide bonds. The molecule has 15 heteroatoms. The SMILES string of the molecule is CC(C)(C)OC(=O)NC[C@@H]1CCCN(c2c(NC(=O)c3ccn(CC(F)F)n3)ccc(Oc3ccccc3F)c2C(F)(F)F)C1. The predicted molar refractivity (Wildman–Crippen MR) is 153 cm³/mol. The summed E-state index contributed by atoms with van der Waals surface area (Å²) in [6.07, 6.45) is -6.25. The molecule has 1 atom stereocenters. The van der Waals surface area contributed by atoms with E-state index in [1.165, 1.54) is 29.2 Å². The Balaban J connectivity index is 1.71. The van der Waals surface area contributed by atoms with Crippen LogP contribution in [0, 0.1) is 11.7 Å². The zero-order valence-electron chi connectivity index (χ0n) is 24.8. The van der Waals surface area contributed by atoms with Gasteiger partial charge < -0.3 is 25.0 Å².